The number of ether oxygens (including phenoxy) is 1. The van der Waals surface area contributed by atoms with Crippen LogP contribution in [0.3, 0.4) is 0 Å². The Balaban J connectivity index is 1.78. The van der Waals surface area contributed by atoms with Crippen molar-refractivity contribution in [2.24, 2.45) is 0 Å². The highest BCUT2D eigenvalue weighted by Gasteiger charge is 2.23. The van der Waals surface area contributed by atoms with Crippen LogP contribution in [0.1, 0.15) is 38.1 Å². The molecule has 2 rings (SSSR count). The lowest BCUT2D eigenvalue weighted by Gasteiger charge is -2.26. The van der Waals surface area contributed by atoms with Gasteiger partial charge in [-0.05, 0) is 6.92 Å². The molecule has 0 atom stereocenters. The molecule has 6 nitrogen and oxygen atoms in total. The van der Waals surface area contributed by atoms with Gasteiger partial charge in [-0.1, -0.05) is 20.8 Å². The maximum Gasteiger partial charge on any atom is 0.227 e. The number of morpholine rings is 1. The van der Waals surface area contributed by atoms with Crippen molar-refractivity contribution in [3.8, 4) is 0 Å². The van der Waals surface area contributed by atoms with E-state index >= 15 is 0 Å². The highest BCUT2D eigenvalue weighted by Crippen LogP contribution is 2.23. The van der Waals surface area contributed by atoms with Gasteiger partial charge in [-0.25, -0.2) is 4.98 Å². The zero-order valence-electron chi connectivity index (χ0n) is 14.1. The zero-order chi connectivity index (χ0) is 16.2. The van der Waals surface area contributed by atoms with Crippen LogP contribution >= 0.6 is 0 Å². The van der Waals surface area contributed by atoms with Gasteiger partial charge in [0.15, 0.2) is 5.89 Å². The minimum Gasteiger partial charge on any atom is -0.444 e. The largest absolute Gasteiger partial charge is 0.444 e. The number of oxazole rings is 1. The van der Waals surface area contributed by atoms with Gasteiger partial charge in [0.05, 0.1) is 25.3 Å². The molecule has 1 aliphatic heterocycles. The molecule has 0 bridgehead atoms. The van der Waals surface area contributed by atoms with Crippen molar-refractivity contribution in [3.63, 3.8) is 0 Å². The maximum absolute atomic E-state index is 12.0. The van der Waals surface area contributed by atoms with Crippen molar-refractivity contribution >= 4 is 5.91 Å². The second kappa shape index (κ2) is 7.24. The van der Waals surface area contributed by atoms with Gasteiger partial charge in [-0.3, -0.25) is 9.69 Å². The van der Waals surface area contributed by atoms with Crippen LogP contribution < -0.4 is 5.32 Å². The van der Waals surface area contributed by atoms with E-state index in [-0.39, 0.29) is 17.7 Å². The van der Waals surface area contributed by atoms with E-state index in [4.69, 9.17) is 9.15 Å². The molecule has 124 valence electrons. The van der Waals surface area contributed by atoms with Crippen molar-refractivity contribution in [2.45, 2.75) is 39.5 Å². The van der Waals surface area contributed by atoms with Crippen molar-refractivity contribution < 1.29 is 13.9 Å². The summed E-state index contributed by atoms with van der Waals surface area (Å²) >= 11 is 0. The fourth-order valence-electron chi connectivity index (χ4n) is 2.30. The van der Waals surface area contributed by atoms with Gasteiger partial charge < -0.3 is 14.5 Å². The molecule has 0 spiro atoms. The predicted molar refractivity (Wildman–Crippen MR) is 83.9 cm³/mol. The minimum absolute atomic E-state index is 0.0204. The Morgan fingerprint density at radius 2 is 2.00 bits per heavy atom. The molecular weight excluding hydrogens is 282 g/mol. The van der Waals surface area contributed by atoms with Crippen molar-refractivity contribution in [2.75, 3.05) is 39.4 Å². The Labute approximate surface area is 132 Å². The first kappa shape index (κ1) is 17.0. The van der Waals surface area contributed by atoms with E-state index in [2.05, 4.69) is 15.2 Å². The molecular formula is C16H27N3O3. The average Bonchev–Trinajstić information content (AvgIpc) is 2.81. The first-order valence-electron chi connectivity index (χ1n) is 7.90. The van der Waals surface area contributed by atoms with E-state index in [1.54, 1.807) is 0 Å². The first-order chi connectivity index (χ1) is 10.4. The van der Waals surface area contributed by atoms with Crippen LogP contribution in [0.4, 0.5) is 0 Å². The van der Waals surface area contributed by atoms with Crippen molar-refractivity contribution in [1.82, 2.24) is 15.2 Å². The summed E-state index contributed by atoms with van der Waals surface area (Å²) in [5.74, 6) is 1.32. The molecule has 1 fully saturated rings. The maximum atomic E-state index is 12.0. The molecule has 0 aliphatic carbocycles. The van der Waals surface area contributed by atoms with Crippen LogP contribution in [-0.2, 0) is 21.4 Å². The Hall–Kier alpha value is -1.40. The lowest BCUT2D eigenvalue weighted by atomic mass is 9.97. The summed E-state index contributed by atoms with van der Waals surface area (Å²) in [6.07, 6.45) is 0.248. The van der Waals surface area contributed by atoms with Crippen LogP contribution in [-0.4, -0.2) is 55.2 Å². The number of hydrogen-bond acceptors (Lipinski definition) is 5. The topological polar surface area (TPSA) is 67.6 Å². The third kappa shape index (κ3) is 4.81. The number of hydrogen-bond donors (Lipinski definition) is 1. The molecule has 22 heavy (non-hydrogen) atoms. The first-order valence-corrected chi connectivity index (χ1v) is 7.90. The molecule has 1 saturated heterocycles. The second-order valence-corrected chi connectivity index (χ2v) is 6.76. The summed E-state index contributed by atoms with van der Waals surface area (Å²) in [4.78, 5) is 18.7. The summed E-state index contributed by atoms with van der Waals surface area (Å²) in [6, 6.07) is 0. The number of nitrogens with zero attached hydrogens (tertiary/aromatic N) is 2. The highest BCUT2D eigenvalue weighted by molar-refractivity contribution is 5.78. The van der Waals surface area contributed by atoms with Gasteiger partial charge >= 0.3 is 0 Å². The van der Waals surface area contributed by atoms with E-state index < -0.39 is 0 Å². The minimum atomic E-state index is -0.143. The molecule has 1 N–H and O–H groups in total. The third-order valence-electron chi connectivity index (χ3n) is 3.71. The fourth-order valence-corrected chi connectivity index (χ4v) is 2.30. The Kier molecular flexibility index (Phi) is 5.58. The van der Waals surface area contributed by atoms with Gasteiger partial charge in [0.2, 0.25) is 5.91 Å². The molecule has 6 heteroatoms. The Morgan fingerprint density at radius 1 is 1.32 bits per heavy atom. The third-order valence-corrected chi connectivity index (χ3v) is 3.71. The molecule has 0 unspecified atom stereocenters. The van der Waals surface area contributed by atoms with Gasteiger partial charge in [0, 0.05) is 31.6 Å². The van der Waals surface area contributed by atoms with Gasteiger partial charge in [-0.2, -0.15) is 0 Å². The van der Waals surface area contributed by atoms with E-state index in [0.717, 1.165) is 38.5 Å². The zero-order valence-corrected chi connectivity index (χ0v) is 14.1. The second-order valence-electron chi connectivity index (χ2n) is 6.76. The number of aromatic nitrogens is 1. The molecule has 1 aromatic rings. The van der Waals surface area contributed by atoms with Crippen molar-refractivity contribution in [1.29, 1.82) is 0 Å². The summed E-state index contributed by atoms with van der Waals surface area (Å²) < 4.78 is 11.0. The van der Waals surface area contributed by atoms with E-state index in [0.29, 0.717) is 18.2 Å². The molecule has 1 aromatic heterocycles. The predicted octanol–water partition coefficient (Wildman–Crippen LogP) is 1.27. The summed E-state index contributed by atoms with van der Waals surface area (Å²) in [5, 5.41) is 2.94. The lowest BCUT2D eigenvalue weighted by Crippen LogP contribution is -2.41. The summed E-state index contributed by atoms with van der Waals surface area (Å²) in [7, 11) is 0. The molecule has 1 aliphatic rings. The SMILES string of the molecule is Cc1nc(C(C)(C)C)oc1CC(=O)NCCN1CCOCC1. The number of nitrogens with one attached hydrogen (secondary N) is 1. The van der Waals surface area contributed by atoms with Crippen LogP contribution in [0, 0.1) is 6.92 Å². The number of amides is 1. The molecule has 0 aromatic carbocycles. The van der Waals surface area contributed by atoms with Gasteiger partial charge in [-0.15, -0.1) is 0 Å². The number of carbonyl (C=O) groups excluding carboxylic acids is 1. The van der Waals surface area contributed by atoms with E-state index in [1.165, 1.54) is 0 Å². The van der Waals surface area contributed by atoms with Crippen LogP contribution in [0.15, 0.2) is 4.42 Å². The average molecular weight is 309 g/mol. The molecule has 0 saturated carbocycles. The molecule has 2 heterocycles. The molecule has 1 amide bonds. The number of carbonyl (C=O) groups is 1. The van der Waals surface area contributed by atoms with Crippen LogP contribution in [0.25, 0.3) is 0 Å². The summed E-state index contributed by atoms with van der Waals surface area (Å²) in [6.45, 7) is 13.0. The fraction of sp³-hybridized carbons (Fsp3) is 0.750. The number of rotatable bonds is 5. The lowest BCUT2D eigenvalue weighted by molar-refractivity contribution is -0.120. The highest BCUT2D eigenvalue weighted by atomic mass is 16.5. The number of aryl methyl sites for hydroxylation is 1. The summed E-state index contributed by atoms with van der Waals surface area (Å²) in [5.41, 5.74) is 0.656. The van der Waals surface area contributed by atoms with Gasteiger partial charge in [0.25, 0.3) is 0 Å². The quantitative estimate of drug-likeness (QED) is 0.887. The van der Waals surface area contributed by atoms with E-state index in [1.807, 2.05) is 27.7 Å². The Morgan fingerprint density at radius 3 is 2.59 bits per heavy atom. The van der Waals surface area contributed by atoms with E-state index in [9.17, 15) is 4.79 Å². The monoisotopic (exact) mass is 309 g/mol. The Bertz CT molecular complexity index is 499. The van der Waals surface area contributed by atoms with Crippen molar-refractivity contribution in [3.05, 3.63) is 17.3 Å². The van der Waals surface area contributed by atoms with Gasteiger partial charge in [0.1, 0.15) is 5.76 Å². The normalized spacial score (nSPS) is 16.7. The van der Waals surface area contributed by atoms with Crippen LogP contribution in [0.2, 0.25) is 0 Å². The molecule has 0 radical (unpaired) electrons. The van der Waals surface area contributed by atoms with Crippen LogP contribution in [0.5, 0.6) is 0 Å². The smallest absolute Gasteiger partial charge is 0.227 e. The standard InChI is InChI=1S/C16H27N3O3/c1-12-13(22-15(18-12)16(2,3)4)11-14(20)17-5-6-19-7-9-21-10-8-19/h5-11H2,1-4H3,(H,17,20).